The fourth-order valence-electron chi connectivity index (χ4n) is 3.72. The minimum absolute atomic E-state index is 0.00100. The van der Waals surface area contributed by atoms with Crippen LogP contribution in [0.15, 0.2) is 24.3 Å². The van der Waals surface area contributed by atoms with Crippen LogP contribution in [0.3, 0.4) is 0 Å². The second-order valence-electron chi connectivity index (χ2n) is 7.39. The second kappa shape index (κ2) is 8.77. The number of hydrogen-bond acceptors (Lipinski definition) is 5. The number of carbonyl (C=O) groups is 1. The molecule has 2 aliphatic rings. The highest BCUT2D eigenvalue weighted by Crippen LogP contribution is 2.19. The summed E-state index contributed by atoms with van der Waals surface area (Å²) < 4.78 is 39.7. The summed E-state index contributed by atoms with van der Waals surface area (Å²) in [6.07, 6.45) is 0.0381. The molecule has 1 aromatic carbocycles. The Balaban J connectivity index is 1.56. The molecule has 156 valence electrons. The highest BCUT2D eigenvalue weighted by Gasteiger charge is 2.37. The zero-order valence-electron chi connectivity index (χ0n) is 16.7. The van der Waals surface area contributed by atoms with Crippen LogP contribution in [0.1, 0.15) is 19.4 Å². The van der Waals surface area contributed by atoms with Gasteiger partial charge in [-0.1, -0.05) is 12.1 Å². The standard InChI is InChI=1S/C19H29N3O5S/c1-15-13-22(14-16(2)27-15)28(24,25)21-9-7-20(8-10-21)19(23)12-17-5-4-6-18(11-17)26-3/h4-6,11,15-16H,7-10,12-14H2,1-3H3/t15-,16-/m0/s1. The van der Waals surface area contributed by atoms with E-state index in [0.717, 1.165) is 11.3 Å². The number of hydrogen-bond donors (Lipinski definition) is 0. The van der Waals surface area contributed by atoms with E-state index in [0.29, 0.717) is 39.3 Å². The largest absolute Gasteiger partial charge is 0.497 e. The van der Waals surface area contributed by atoms with E-state index in [9.17, 15) is 13.2 Å². The van der Waals surface area contributed by atoms with Crippen LogP contribution in [-0.4, -0.2) is 86.4 Å². The number of carbonyl (C=O) groups excluding carboxylic acids is 1. The summed E-state index contributed by atoms with van der Waals surface area (Å²) in [4.78, 5) is 14.3. The zero-order valence-corrected chi connectivity index (χ0v) is 17.5. The van der Waals surface area contributed by atoms with E-state index in [1.54, 1.807) is 12.0 Å². The van der Waals surface area contributed by atoms with Crippen LogP contribution in [-0.2, 0) is 26.2 Å². The van der Waals surface area contributed by atoms with Crippen molar-refractivity contribution in [3.05, 3.63) is 29.8 Å². The van der Waals surface area contributed by atoms with Crippen molar-refractivity contribution in [1.29, 1.82) is 0 Å². The first-order valence-electron chi connectivity index (χ1n) is 9.61. The van der Waals surface area contributed by atoms with Gasteiger partial charge in [0.15, 0.2) is 0 Å². The highest BCUT2D eigenvalue weighted by atomic mass is 32.2. The van der Waals surface area contributed by atoms with Gasteiger partial charge in [-0.05, 0) is 31.5 Å². The van der Waals surface area contributed by atoms with Gasteiger partial charge in [-0.2, -0.15) is 17.0 Å². The topological polar surface area (TPSA) is 79.4 Å². The van der Waals surface area contributed by atoms with E-state index in [4.69, 9.17) is 9.47 Å². The van der Waals surface area contributed by atoms with Gasteiger partial charge in [0.2, 0.25) is 5.91 Å². The molecule has 3 rings (SSSR count). The van der Waals surface area contributed by atoms with E-state index in [2.05, 4.69) is 0 Å². The lowest BCUT2D eigenvalue weighted by atomic mass is 10.1. The van der Waals surface area contributed by atoms with Crippen LogP contribution < -0.4 is 4.74 Å². The lowest BCUT2D eigenvalue weighted by Gasteiger charge is -2.40. The first-order chi connectivity index (χ1) is 13.3. The van der Waals surface area contributed by atoms with Crippen molar-refractivity contribution in [3.8, 4) is 5.75 Å². The number of methoxy groups -OCH3 is 1. The van der Waals surface area contributed by atoms with Crippen molar-refractivity contribution in [2.24, 2.45) is 0 Å². The van der Waals surface area contributed by atoms with Gasteiger partial charge in [-0.3, -0.25) is 4.79 Å². The Morgan fingerprint density at radius 3 is 2.36 bits per heavy atom. The van der Waals surface area contributed by atoms with Crippen molar-refractivity contribution in [3.63, 3.8) is 0 Å². The Hall–Kier alpha value is -1.68. The maximum absolute atomic E-state index is 12.9. The summed E-state index contributed by atoms with van der Waals surface area (Å²) in [5.74, 6) is 0.717. The Kier molecular flexibility index (Phi) is 6.59. The third-order valence-electron chi connectivity index (χ3n) is 5.12. The number of morpholine rings is 1. The molecule has 28 heavy (non-hydrogen) atoms. The summed E-state index contributed by atoms with van der Waals surface area (Å²) in [6.45, 7) is 5.91. The number of ether oxygens (including phenoxy) is 2. The van der Waals surface area contributed by atoms with Crippen LogP contribution in [0.25, 0.3) is 0 Å². The predicted octanol–water partition coefficient (Wildman–Crippen LogP) is 0.736. The second-order valence-corrected chi connectivity index (χ2v) is 9.32. The molecule has 0 aromatic heterocycles. The molecular formula is C19H29N3O5S. The highest BCUT2D eigenvalue weighted by molar-refractivity contribution is 7.86. The Labute approximate surface area is 167 Å². The van der Waals surface area contributed by atoms with Crippen molar-refractivity contribution < 1.29 is 22.7 Å². The number of benzene rings is 1. The zero-order chi connectivity index (χ0) is 20.3. The first kappa shape index (κ1) is 21.0. The fraction of sp³-hybridized carbons (Fsp3) is 0.632. The minimum Gasteiger partial charge on any atom is -0.497 e. The Bertz CT molecular complexity index is 783. The minimum atomic E-state index is -3.54. The summed E-state index contributed by atoms with van der Waals surface area (Å²) in [6, 6.07) is 7.43. The average Bonchev–Trinajstić information content (AvgIpc) is 2.67. The van der Waals surface area contributed by atoms with Crippen molar-refractivity contribution in [2.45, 2.75) is 32.5 Å². The number of nitrogens with zero attached hydrogens (tertiary/aromatic N) is 3. The van der Waals surface area contributed by atoms with Crippen LogP contribution in [0, 0.1) is 0 Å². The van der Waals surface area contributed by atoms with Gasteiger partial charge in [0.05, 0.1) is 25.7 Å². The average molecular weight is 412 g/mol. The lowest BCUT2D eigenvalue weighted by Crippen LogP contribution is -2.57. The fourth-order valence-corrected chi connectivity index (χ4v) is 5.47. The van der Waals surface area contributed by atoms with E-state index in [1.807, 2.05) is 38.1 Å². The van der Waals surface area contributed by atoms with E-state index in [-0.39, 0.29) is 24.5 Å². The third kappa shape index (κ3) is 4.83. The summed E-state index contributed by atoms with van der Waals surface area (Å²) in [5.41, 5.74) is 0.885. The molecule has 0 bridgehead atoms. The van der Waals surface area contributed by atoms with Gasteiger partial charge < -0.3 is 14.4 Å². The van der Waals surface area contributed by atoms with Gasteiger partial charge in [0, 0.05) is 39.3 Å². The number of piperazine rings is 1. The Morgan fingerprint density at radius 2 is 1.75 bits per heavy atom. The Morgan fingerprint density at radius 1 is 1.11 bits per heavy atom. The summed E-state index contributed by atoms with van der Waals surface area (Å²) in [5, 5.41) is 0. The molecule has 0 spiro atoms. The normalized spacial score (nSPS) is 24.9. The summed E-state index contributed by atoms with van der Waals surface area (Å²) in [7, 11) is -1.94. The SMILES string of the molecule is COc1cccc(CC(=O)N2CCN(S(=O)(=O)N3C[C@H](C)O[C@@H](C)C3)CC2)c1. The molecule has 9 heteroatoms. The molecule has 2 aliphatic heterocycles. The molecule has 2 saturated heterocycles. The predicted molar refractivity (Wildman–Crippen MR) is 105 cm³/mol. The molecule has 0 unspecified atom stereocenters. The molecule has 2 atom stereocenters. The maximum Gasteiger partial charge on any atom is 0.282 e. The van der Waals surface area contributed by atoms with Gasteiger partial charge in [-0.25, -0.2) is 0 Å². The first-order valence-corrected chi connectivity index (χ1v) is 11.0. The molecule has 1 aromatic rings. The molecule has 0 radical (unpaired) electrons. The van der Waals surface area contributed by atoms with E-state index >= 15 is 0 Å². The van der Waals surface area contributed by atoms with Gasteiger partial charge >= 0.3 is 0 Å². The molecule has 2 heterocycles. The van der Waals surface area contributed by atoms with Gasteiger partial charge in [-0.15, -0.1) is 0 Å². The van der Waals surface area contributed by atoms with Crippen molar-refractivity contribution >= 4 is 16.1 Å². The third-order valence-corrected chi connectivity index (χ3v) is 7.09. The monoisotopic (exact) mass is 411 g/mol. The number of rotatable bonds is 5. The lowest BCUT2D eigenvalue weighted by molar-refractivity contribution is -0.131. The quantitative estimate of drug-likeness (QED) is 0.714. The van der Waals surface area contributed by atoms with E-state index in [1.165, 1.54) is 8.61 Å². The summed E-state index contributed by atoms with van der Waals surface area (Å²) >= 11 is 0. The molecule has 2 fully saturated rings. The maximum atomic E-state index is 12.9. The smallest absolute Gasteiger partial charge is 0.282 e. The van der Waals surface area contributed by atoms with Crippen molar-refractivity contribution in [1.82, 2.24) is 13.5 Å². The van der Waals surface area contributed by atoms with Crippen LogP contribution in [0.5, 0.6) is 5.75 Å². The molecule has 0 N–H and O–H groups in total. The van der Waals surface area contributed by atoms with E-state index < -0.39 is 10.2 Å². The van der Waals surface area contributed by atoms with Crippen LogP contribution in [0.2, 0.25) is 0 Å². The molecular weight excluding hydrogens is 382 g/mol. The van der Waals surface area contributed by atoms with Gasteiger partial charge in [0.1, 0.15) is 5.75 Å². The van der Waals surface area contributed by atoms with Gasteiger partial charge in [0.25, 0.3) is 10.2 Å². The molecule has 8 nitrogen and oxygen atoms in total. The number of amides is 1. The molecule has 0 aliphatic carbocycles. The molecule has 1 amide bonds. The van der Waals surface area contributed by atoms with Crippen LogP contribution in [0.4, 0.5) is 0 Å². The van der Waals surface area contributed by atoms with Crippen molar-refractivity contribution in [2.75, 3.05) is 46.4 Å². The molecule has 0 saturated carbocycles. The van der Waals surface area contributed by atoms with Crippen LogP contribution >= 0.6 is 0 Å².